The van der Waals surface area contributed by atoms with Crippen molar-refractivity contribution in [3.8, 4) is 0 Å². The first-order valence-corrected chi connectivity index (χ1v) is 7.95. The van der Waals surface area contributed by atoms with Gasteiger partial charge in [0.25, 0.3) is 0 Å². The summed E-state index contributed by atoms with van der Waals surface area (Å²) >= 11 is 0. The summed E-state index contributed by atoms with van der Waals surface area (Å²) in [6.07, 6.45) is 1.53. The molecule has 5 heteroatoms. The predicted molar refractivity (Wildman–Crippen MR) is 85.4 cm³/mol. The molecule has 1 aromatic heterocycles. The largest absolute Gasteiger partial charge is 0.481 e. The summed E-state index contributed by atoms with van der Waals surface area (Å²) in [6, 6.07) is 7.62. The highest BCUT2D eigenvalue weighted by molar-refractivity contribution is 5.96. The highest BCUT2D eigenvalue weighted by Crippen LogP contribution is 2.58. The third kappa shape index (κ3) is 1.70. The van der Waals surface area contributed by atoms with Crippen molar-refractivity contribution in [2.45, 2.75) is 45.4 Å². The molecule has 3 unspecified atom stereocenters. The standard InChI is InChI=1S/C18H20N2O3/c1-16-8-17(2,10-18(3,9-16)15(22)23)14(21)20-12-7-5-4-6-11(12)19-13(16)20/h4-7H,8-10H2,1-3H3,(H,22,23). The Balaban J connectivity index is 2.03. The average Bonchev–Trinajstić information content (AvgIpc) is 2.84. The summed E-state index contributed by atoms with van der Waals surface area (Å²) in [4.78, 5) is 29.8. The number of benzene rings is 1. The fourth-order valence-corrected chi connectivity index (χ4v) is 5.14. The molecule has 2 bridgehead atoms. The SMILES string of the molecule is CC1(C(=O)O)CC2(C)CC(C)(C1)c1nc3ccccc3n1C2=O. The Labute approximate surface area is 134 Å². The van der Waals surface area contributed by atoms with E-state index in [0.717, 1.165) is 11.0 Å². The molecular formula is C18H20N2O3. The zero-order chi connectivity index (χ0) is 16.6. The van der Waals surface area contributed by atoms with Crippen molar-refractivity contribution >= 4 is 22.9 Å². The van der Waals surface area contributed by atoms with E-state index >= 15 is 0 Å². The quantitative estimate of drug-likeness (QED) is 0.877. The van der Waals surface area contributed by atoms with Crippen molar-refractivity contribution in [2.24, 2.45) is 10.8 Å². The van der Waals surface area contributed by atoms with Crippen LogP contribution in [0.15, 0.2) is 24.3 Å². The number of nitrogens with zero attached hydrogens (tertiary/aromatic N) is 2. The number of para-hydroxylation sites is 2. The fraction of sp³-hybridized carbons (Fsp3) is 0.500. The van der Waals surface area contributed by atoms with E-state index in [1.165, 1.54) is 0 Å². The molecule has 1 aliphatic heterocycles. The zero-order valence-electron chi connectivity index (χ0n) is 13.6. The van der Waals surface area contributed by atoms with E-state index in [4.69, 9.17) is 4.98 Å². The molecule has 23 heavy (non-hydrogen) atoms. The van der Waals surface area contributed by atoms with Crippen LogP contribution in [0.5, 0.6) is 0 Å². The van der Waals surface area contributed by atoms with E-state index in [1.54, 1.807) is 11.5 Å². The van der Waals surface area contributed by atoms with E-state index in [1.807, 2.05) is 31.2 Å². The molecule has 5 nitrogen and oxygen atoms in total. The second-order valence-electron chi connectivity index (χ2n) is 8.08. The Morgan fingerprint density at radius 2 is 1.78 bits per heavy atom. The lowest BCUT2D eigenvalue weighted by Gasteiger charge is -2.53. The molecule has 1 aromatic carbocycles. The van der Waals surface area contributed by atoms with Crippen LogP contribution in [0.1, 0.15) is 50.7 Å². The van der Waals surface area contributed by atoms with Gasteiger partial charge in [-0.3, -0.25) is 14.2 Å². The van der Waals surface area contributed by atoms with Crippen molar-refractivity contribution in [1.29, 1.82) is 0 Å². The Bertz CT molecular complexity index is 870. The van der Waals surface area contributed by atoms with Crippen LogP contribution in [0.25, 0.3) is 11.0 Å². The maximum absolute atomic E-state index is 13.2. The molecule has 1 aliphatic carbocycles. The highest BCUT2D eigenvalue weighted by Gasteiger charge is 2.60. The number of carboxylic acid groups (broad SMARTS) is 1. The van der Waals surface area contributed by atoms with Crippen LogP contribution in [-0.4, -0.2) is 26.5 Å². The molecule has 0 saturated heterocycles. The predicted octanol–water partition coefficient (Wildman–Crippen LogP) is 3.23. The van der Waals surface area contributed by atoms with Gasteiger partial charge in [0.1, 0.15) is 5.82 Å². The van der Waals surface area contributed by atoms with E-state index in [9.17, 15) is 14.7 Å². The zero-order valence-corrected chi connectivity index (χ0v) is 13.6. The smallest absolute Gasteiger partial charge is 0.309 e. The number of imidazole rings is 1. The van der Waals surface area contributed by atoms with Crippen LogP contribution >= 0.6 is 0 Å². The number of aliphatic carboxylic acids is 1. The minimum Gasteiger partial charge on any atom is -0.481 e. The lowest BCUT2D eigenvalue weighted by Crippen LogP contribution is -2.56. The van der Waals surface area contributed by atoms with Gasteiger partial charge in [-0.2, -0.15) is 0 Å². The number of rotatable bonds is 1. The van der Waals surface area contributed by atoms with Gasteiger partial charge in [0.2, 0.25) is 5.91 Å². The summed E-state index contributed by atoms with van der Waals surface area (Å²) < 4.78 is 1.74. The van der Waals surface area contributed by atoms with Crippen molar-refractivity contribution in [2.75, 3.05) is 0 Å². The number of carboxylic acids is 1. The normalized spacial score (nSPS) is 36.0. The number of carbonyl (C=O) groups excluding carboxylic acids is 1. The van der Waals surface area contributed by atoms with Crippen LogP contribution in [-0.2, 0) is 10.2 Å². The van der Waals surface area contributed by atoms with Gasteiger partial charge in [-0.1, -0.05) is 26.0 Å². The molecule has 0 amide bonds. The maximum atomic E-state index is 13.2. The van der Waals surface area contributed by atoms with Crippen LogP contribution in [0.2, 0.25) is 0 Å². The lowest BCUT2D eigenvalue weighted by molar-refractivity contribution is -0.154. The fourth-order valence-electron chi connectivity index (χ4n) is 5.14. The van der Waals surface area contributed by atoms with E-state index in [2.05, 4.69) is 6.92 Å². The van der Waals surface area contributed by atoms with Crippen molar-refractivity contribution in [3.05, 3.63) is 30.1 Å². The molecule has 0 spiro atoms. The molecule has 1 N–H and O–H groups in total. The molecule has 2 aliphatic rings. The van der Waals surface area contributed by atoms with Crippen molar-refractivity contribution in [1.82, 2.24) is 9.55 Å². The summed E-state index contributed by atoms with van der Waals surface area (Å²) in [5.41, 5.74) is -0.362. The minimum atomic E-state index is -0.902. The van der Waals surface area contributed by atoms with E-state index in [-0.39, 0.29) is 5.91 Å². The number of carbonyl (C=O) groups is 2. The van der Waals surface area contributed by atoms with Crippen LogP contribution in [0.4, 0.5) is 0 Å². The van der Waals surface area contributed by atoms with Crippen molar-refractivity contribution < 1.29 is 14.7 Å². The summed E-state index contributed by atoms with van der Waals surface area (Å²) in [7, 11) is 0. The first-order chi connectivity index (χ1) is 10.7. The Kier molecular flexibility index (Phi) is 2.52. The molecule has 2 heterocycles. The van der Waals surface area contributed by atoms with Crippen molar-refractivity contribution in [3.63, 3.8) is 0 Å². The van der Waals surface area contributed by atoms with E-state index < -0.39 is 22.2 Å². The molecule has 3 atom stereocenters. The second-order valence-corrected chi connectivity index (χ2v) is 8.08. The average molecular weight is 312 g/mol. The summed E-state index contributed by atoms with van der Waals surface area (Å²) in [5.74, 6) is -0.133. The van der Waals surface area contributed by atoms with Gasteiger partial charge in [0.05, 0.1) is 16.4 Å². The number of aromatic nitrogens is 2. The number of hydrogen-bond acceptors (Lipinski definition) is 3. The number of fused-ring (bicyclic) bond motifs is 6. The molecule has 120 valence electrons. The monoisotopic (exact) mass is 312 g/mol. The summed E-state index contributed by atoms with van der Waals surface area (Å²) in [6.45, 7) is 5.72. The van der Waals surface area contributed by atoms with Crippen LogP contribution < -0.4 is 0 Å². The van der Waals surface area contributed by atoms with Gasteiger partial charge in [0, 0.05) is 10.8 Å². The Morgan fingerprint density at radius 3 is 2.48 bits per heavy atom. The molecule has 2 aromatic rings. The molecule has 1 saturated carbocycles. The third-order valence-electron chi connectivity index (χ3n) is 5.68. The van der Waals surface area contributed by atoms with Gasteiger partial charge >= 0.3 is 5.97 Å². The maximum Gasteiger partial charge on any atom is 0.309 e. The van der Waals surface area contributed by atoms with Gasteiger partial charge < -0.3 is 5.11 Å². The van der Waals surface area contributed by atoms with Gasteiger partial charge in [0.15, 0.2) is 0 Å². The second kappa shape index (κ2) is 4.02. The van der Waals surface area contributed by atoms with Gasteiger partial charge in [-0.05, 0) is 38.3 Å². The van der Waals surface area contributed by atoms with Gasteiger partial charge in [-0.15, -0.1) is 0 Å². The number of hydrogen-bond donors (Lipinski definition) is 1. The van der Waals surface area contributed by atoms with Gasteiger partial charge in [-0.25, -0.2) is 4.98 Å². The topological polar surface area (TPSA) is 72.2 Å². The lowest BCUT2D eigenvalue weighted by atomic mass is 9.52. The summed E-state index contributed by atoms with van der Waals surface area (Å²) in [5, 5.41) is 9.72. The minimum absolute atomic E-state index is 0.0224. The van der Waals surface area contributed by atoms with Crippen LogP contribution in [0.3, 0.4) is 0 Å². The third-order valence-corrected chi connectivity index (χ3v) is 5.68. The highest BCUT2D eigenvalue weighted by atomic mass is 16.4. The molecule has 4 rings (SSSR count). The first kappa shape index (κ1) is 14.4. The molecular weight excluding hydrogens is 292 g/mol. The molecule has 0 radical (unpaired) electrons. The Morgan fingerprint density at radius 1 is 1.13 bits per heavy atom. The van der Waals surface area contributed by atoms with E-state index in [0.29, 0.717) is 25.1 Å². The first-order valence-electron chi connectivity index (χ1n) is 7.95. The Hall–Kier alpha value is -2.17. The van der Waals surface area contributed by atoms with Crippen LogP contribution in [0, 0.1) is 10.8 Å². The molecule has 1 fully saturated rings.